The van der Waals surface area contributed by atoms with Gasteiger partial charge in [0, 0.05) is 17.9 Å². The van der Waals surface area contributed by atoms with Gasteiger partial charge < -0.3 is 4.90 Å². The highest BCUT2D eigenvalue weighted by Crippen LogP contribution is 2.38. The van der Waals surface area contributed by atoms with E-state index in [-0.39, 0.29) is 0 Å². The van der Waals surface area contributed by atoms with Gasteiger partial charge in [0.05, 0.1) is 0 Å². The minimum Gasteiger partial charge on any atom is -0.346 e. The van der Waals surface area contributed by atoms with Crippen molar-refractivity contribution in [3.8, 4) is 0 Å². The Balaban J connectivity index is 2.73. The predicted octanol–water partition coefficient (Wildman–Crippen LogP) is 4.21. The van der Waals surface area contributed by atoms with Gasteiger partial charge in [0.1, 0.15) is 0 Å². The molecule has 1 aliphatic rings. The van der Waals surface area contributed by atoms with Crippen LogP contribution in [0.3, 0.4) is 0 Å². The molecule has 0 saturated heterocycles. The Morgan fingerprint density at radius 2 is 1.59 bits per heavy atom. The first-order valence-electron chi connectivity index (χ1n) is 6.47. The van der Waals surface area contributed by atoms with E-state index in [1.54, 1.807) is 5.56 Å². The van der Waals surface area contributed by atoms with E-state index < -0.39 is 0 Å². The highest BCUT2D eigenvalue weighted by molar-refractivity contribution is 5.69. The van der Waals surface area contributed by atoms with E-state index in [2.05, 4.69) is 46.1 Å². The van der Waals surface area contributed by atoms with Gasteiger partial charge in [0.25, 0.3) is 0 Å². The van der Waals surface area contributed by atoms with E-state index in [1.807, 2.05) is 0 Å². The maximum atomic E-state index is 4.13. The number of benzene rings is 1. The Bertz CT molecular complexity index is 483. The lowest BCUT2D eigenvalue weighted by Gasteiger charge is -2.35. The second-order valence-corrected chi connectivity index (χ2v) is 5.32. The Kier molecular flexibility index (Phi) is 3.03. The summed E-state index contributed by atoms with van der Waals surface area (Å²) in [5.74, 6) is 0. The zero-order chi connectivity index (χ0) is 12.7. The molecule has 0 spiro atoms. The van der Waals surface area contributed by atoms with E-state index in [0.717, 1.165) is 12.2 Å². The average Bonchev–Trinajstić information content (AvgIpc) is 2.32. The second kappa shape index (κ2) is 4.21. The summed E-state index contributed by atoms with van der Waals surface area (Å²) in [4.78, 5) is 2.40. The van der Waals surface area contributed by atoms with Crippen LogP contribution in [0.4, 0.5) is 5.69 Å². The molecular formula is C16H23N. The van der Waals surface area contributed by atoms with Crippen molar-refractivity contribution in [2.24, 2.45) is 0 Å². The minimum atomic E-state index is 1.12. The highest BCUT2D eigenvalue weighted by atomic mass is 15.1. The standard InChI is InChI=1S/C16H23N/c1-10(2)17-9-7-8-15-13(5)11(3)12(4)14(6)16(15)17/h1,7-9H2,2-6H3. The van der Waals surface area contributed by atoms with Gasteiger partial charge in [0.15, 0.2) is 0 Å². The molecule has 1 heteroatoms. The largest absolute Gasteiger partial charge is 0.346 e. The van der Waals surface area contributed by atoms with Crippen molar-refractivity contribution in [2.75, 3.05) is 11.4 Å². The molecule has 0 radical (unpaired) electrons. The smallest absolute Gasteiger partial charge is 0.0475 e. The maximum absolute atomic E-state index is 4.13. The predicted molar refractivity (Wildman–Crippen MR) is 75.9 cm³/mol. The fourth-order valence-corrected chi connectivity index (χ4v) is 2.95. The van der Waals surface area contributed by atoms with Crippen LogP contribution < -0.4 is 4.90 Å². The van der Waals surface area contributed by atoms with Crippen LogP contribution in [0.15, 0.2) is 12.3 Å². The van der Waals surface area contributed by atoms with E-state index in [0.29, 0.717) is 0 Å². The first kappa shape index (κ1) is 12.2. The number of rotatable bonds is 1. The molecule has 17 heavy (non-hydrogen) atoms. The molecular weight excluding hydrogens is 206 g/mol. The summed E-state index contributed by atoms with van der Waals surface area (Å²) in [6.07, 6.45) is 2.45. The van der Waals surface area contributed by atoms with Gasteiger partial charge in [-0.25, -0.2) is 0 Å². The number of fused-ring (bicyclic) bond motifs is 1. The lowest BCUT2D eigenvalue weighted by Crippen LogP contribution is -2.29. The lowest BCUT2D eigenvalue weighted by molar-refractivity contribution is 0.735. The molecule has 0 N–H and O–H groups in total. The zero-order valence-corrected chi connectivity index (χ0v) is 11.8. The molecule has 0 atom stereocenters. The number of hydrogen-bond donors (Lipinski definition) is 0. The molecule has 2 rings (SSSR count). The third kappa shape index (κ3) is 1.78. The Morgan fingerprint density at radius 1 is 1.00 bits per heavy atom. The molecule has 1 aliphatic heterocycles. The van der Waals surface area contributed by atoms with Crippen molar-refractivity contribution in [3.63, 3.8) is 0 Å². The van der Waals surface area contributed by atoms with Gasteiger partial charge in [0.2, 0.25) is 0 Å². The summed E-state index contributed by atoms with van der Waals surface area (Å²) >= 11 is 0. The molecule has 0 saturated carbocycles. The molecule has 92 valence electrons. The normalized spacial score (nSPS) is 14.8. The molecule has 1 aromatic carbocycles. The minimum absolute atomic E-state index is 1.12. The highest BCUT2D eigenvalue weighted by Gasteiger charge is 2.23. The Labute approximate surface area is 105 Å². The third-order valence-electron chi connectivity index (χ3n) is 4.32. The van der Waals surface area contributed by atoms with Crippen LogP contribution in [0.25, 0.3) is 0 Å². The molecule has 1 heterocycles. The number of nitrogens with zero attached hydrogens (tertiary/aromatic N) is 1. The van der Waals surface area contributed by atoms with Crippen LogP contribution in [-0.4, -0.2) is 6.54 Å². The summed E-state index contributed by atoms with van der Waals surface area (Å²) in [7, 11) is 0. The average molecular weight is 229 g/mol. The molecule has 0 amide bonds. The molecule has 1 nitrogen and oxygen atoms in total. The third-order valence-corrected chi connectivity index (χ3v) is 4.32. The molecule has 0 bridgehead atoms. The number of hydrogen-bond acceptors (Lipinski definition) is 1. The van der Waals surface area contributed by atoms with E-state index in [9.17, 15) is 0 Å². The van der Waals surface area contributed by atoms with E-state index >= 15 is 0 Å². The number of anilines is 1. The van der Waals surface area contributed by atoms with Gasteiger partial charge >= 0.3 is 0 Å². The molecule has 0 fully saturated rings. The Hall–Kier alpha value is -1.24. The lowest BCUT2D eigenvalue weighted by atomic mass is 9.87. The molecule has 0 aliphatic carbocycles. The molecule has 0 aromatic heterocycles. The van der Waals surface area contributed by atoms with Gasteiger partial charge in [-0.1, -0.05) is 6.58 Å². The summed E-state index contributed by atoms with van der Waals surface area (Å²) < 4.78 is 0. The summed E-state index contributed by atoms with van der Waals surface area (Å²) in [6, 6.07) is 0. The SMILES string of the molecule is C=C(C)N1CCCc2c(C)c(C)c(C)c(C)c21. The second-order valence-electron chi connectivity index (χ2n) is 5.32. The summed E-state index contributed by atoms with van der Waals surface area (Å²) in [5.41, 5.74) is 9.96. The number of allylic oxidation sites excluding steroid dienone is 1. The van der Waals surface area contributed by atoms with Crippen LogP contribution in [0.5, 0.6) is 0 Å². The van der Waals surface area contributed by atoms with Crippen LogP contribution in [0, 0.1) is 27.7 Å². The van der Waals surface area contributed by atoms with Crippen molar-refractivity contribution in [1.29, 1.82) is 0 Å². The van der Waals surface area contributed by atoms with Crippen LogP contribution in [0.1, 0.15) is 41.2 Å². The van der Waals surface area contributed by atoms with E-state index in [4.69, 9.17) is 0 Å². The maximum Gasteiger partial charge on any atom is 0.0475 e. The zero-order valence-electron chi connectivity index (χ0n) is 11.8. The first-order valence-corrected chi connectivity index (χ1v) is 6.47. The van der Waals surface area contributed by atoms with Gasteiger partial charge in [-0.2, -0.15) is 0 Å². The van der Waals surface area contributed by atoms with Gasteiger partial charge in [-0.05, 0) is 75.3 Å². The quantitative estimate of drug-likeness (QED) is 0.697. The molecule has 1 aromatic rings. The van der Waals surface area contributed by atoms with Gasteiger partial charge in [-0.15, -0.1) is 0 Å². The van der Waals surface area contributed by atoms with Gasteiger partial charge in [-0.3, -0.25) is 0 Å². The fraction of sp³-hybridized carbons (Fsp3) is 0.500. The van der Waals surface area contributed by atoms with E-state index in [1.165, 1.54) is 40.8 Å². The monoisotopic (exact) mass is 229 g/mol. The first-order chi connectivity index (χ1) is 7.95. The van der Waals surface area contributed by atoms with Crippen LogP contribution >= 0.6 is 0 Å². The Morgan fingerprint density at radius 3 is 2.18 bits per heavy atom. The van der Waals surface area contributed by atoms with Crippen molar-refractivity contribution < 1.29 is 0 Å². The van der Waals surface area contributed by atoms with Crippen LogP contribution in [0.2, 0.25) is 0 Å². The van der Waals surface area contributed by atoms with Crippen molar-refractivity contribution >= 4 is 5.69 Å². The summed E-state index contributed by atoms with van der Waals surface area (Å²) in [6.45, 7) is 16.4. The topological polar surface area (TPSA) is 3.24 Å². The van der Waals surface area contributed by atoms with Crippen LogP contribution in [-0.2, 0) is 6.42 Å². The summed E-state index contributed by atoms with van der Waals surface area (Å²) in [5, 5.41) is 0. The molecule has 0 unspecified atom stereocenters. The van der Waals surface area contributed by atoms with Crippen molar-refractivity contribution in [3.05, 3.63) is 40.1 Å². The van der Waals surface area contributed by atoms with Crippen molar-refractivity contribution in [1.82, 2.24) is 0 Å². The van der Waals surface area contributed by atoms with Crippen molar-refractivity contribution in [2.45, 2.75) is 47.5 Å². The fourth-order valence-electron chi connectivity index (χ4n) is 2.95.